The van der Waals surface area contributed by atoms with Crippen LogP contribution in [0.5, 0.6) is 0 Å². The van der Waals surface area contributed by atoms with Crippen LogP contribution >= 0.6 is 47.8 Å². The van der Waals surface area contributed by atoms with Gasteiger partial charge in [0.2, 0.25) is 5.91 Å². The minimum atomic E-state index is -0.535. The van der Waals surface area contributed by atoms with Crippen molar-refractivity contribution >= 4 is 59.6 Å². The van der Waals surface area contributed by atoms with Crippen LogP contribution < -0.4 is 10.9 Å². The van der Waals surface area contributed by atoms with Crippen LogP contribution in [-0.2, 0) is 4.79 Å². The van der Waals surface area contributed by atoms with Crippen molar-refractivity contribution in [3.05, 3.63) is 35.4 Å². The van der Waals surface area contributed by atoms with Gasteiger partial charge in [-0.15, -0.1) is 0 Å². The zero-order valence-corrected chi connectivity index (χ0v) is 19.1. The minimum Gasteiger partial charge on any atom is -0.273 e. The summed E-state index contributed by atoms with van der Waals surface area (Å²) >= 11 is 11.1. The maximum atomic E-state index is 13.0. The third-order valence-electron chi connectivity index (χ3n) is 6.46. The maximum Gasteiger partial charge on any atom is 0.269 e. The summed E-state index contributed by atoms with van der Waals surface area (Å²) < 4.78 is 0.122. The molecule has 3 unspecified atom stereocenters. The number of amides is 2. The molecule has 3 aliphatic rings. The first-order valence-corrected chi connectivity index (χ1v) is 11.0. The van der Waals surface area contributed by atoms with E-state index in [1.807, 2.05) is 19.1 Å². The average molecular weight is 537 g/mol. The zero-order chi connectivity index (χ0) is 18.6. The first-order chi connectivity index (χ1) is 11.6. The van der Waals surface area contributed by atoms with E-state index >= 15 is 0 Å². The van der Waals surface area contributed by atoms with Gasteiger partial charge in [0, 0.05) is 15.8 Å². The van der Waals surface area contributed by atoms with Gasteiger partial charge in [-0.05, 0) is 37.3 Å². The molecule has 7 heteroatoms. The van der Waals surface area contributed by atoms with Gasteiger partial charge in [-0.1, -0.05) is 79.3 Å². The van der Waals surface area contributed by atoms with Gasteiger partial charge in [0.25, 0.3) is 5.91 Å². The number of carbonyl (C=O) groups is 2. The van der Waals surface area contributed by atoms with Crippen molar-refractivity contribution in [1.29, 1.82) is 0 Å². The number of rotatable bonds is 3. The Bertz CT molecular complexity index is 737. The lowest BCUT2D eigenvalue weighted by atomic mass is 9.43. The fourth-order valence-corrected chi connectivity index (χ4v) is 9.70. The first-order valence-electron chi connectivity index (χ1n) is 8.21. The van der Waals surface area contributed by atoms with Gasteiger partial charge in [-0.3, -0.25) is 20.4 Å². The van der Waals surface area contributed by atoms with Crippen LogP contribution in [-0.4, -0.2) is 20.4 Å². The molecule has 0 saturated heterocycles. The smallest absolute Gasteiger partial charge is 0.269 e. The van der Waals surface area contributed by atoms with Crippen LogP contribution in [0.25, 0.3) is 0 Å². The molecular weight excluding hydrogens is 516 g/mol. The molecule has 136 valence electrons. The Morgan fingerprint density at radius 3 is 2.40 bits per heavy atom. The van der Waals surface area contributed by atoms with Crippen LogP contribution in [0.3, 0.4) is 0 Å². The van der Waals surface area contributed by atoms with E-state index in [9.17, 15) is 9.59 Å². The Balaban J connectivity index is 1.73. The summed E-state index contributed by atoms with van der Waals surface area (Å²) in [5, 5.41) is 0. The lowest BCUT2D eigenvalue weighted by molar-refractivity contribution is -0.162. The Morgan fingerprint density at radius 2 is 1.88 bits per heavy atom. The number of aryl methyl sites for hydroxylation is 1. The standard InChI is InChI=1S/C18H21Br3N2O2/c1-10-5-4-6-11(9-10)12(24)22-23-15(25)18-8-7-17(13(18)19,14(20)21)16(18,2)3/h4-6,9,13-14H,7-8H2,1-3H3,(H,22,24)(H,23,25). The van der Waals surface area contributed by atoms with Crippen molar-refractivity contribution in [2.24, 2.45) is 16.2 Å². The molecule has 3 aliphatic carbocycles. The highest BCUT2D eigenvalue weighted by molar-refractivity contribution is 9.24. The lowest BCUT2D eigenvalue weighted by Gasteiger charge is -2.66. The summed E-state index contributed by atoms with van der Waals surface area (Å²) in [5.74, 6) is -0.436. The van der Waals surface area contributed by atoms with Crippen LogP contribution in [0.2, 0.25) is 0 Å². The molecule has 0 aromatic heterocycles. The first kappa shape index (κ1) is 19.4. The molecule has 0 radical (unpaired) electrons. The van der Waals surface area contributed by atoms with E-state index in [1.54, 1.807) is 12.1 Å². The second-order valence-corrected chi connectivity index (χ2v) is 11.6. The van der Waals surface area contributed by atoms with Gasteiger partial charge in [0.1, 0.15) is 0 Å². The van der Waals surface area contributed by atoms with Crippen LogP contribution in [0.15, 0.2) is 24.3 Å². The summed E-state index contributed by atoms with van der Waals surface area (Å²) in [6.45, 7) is 6.19. The zero-order valence-electron chi connectivity index (χ0n) is 14.3. The number of alkyl halides is 3. The highest BCUT2D eigenvalue weighted by Gasteiger charge is 2.83. The number of benzene rings is 1. The van der Waals surface area contributed by atoms with E-state index in [1.165, 1.54) is 0 Å². The fraction of sp³-hybridized carbons (Fsp3) is 0.556. The van der Waals surface area contributed by atoms with Crippen LogP contribution in [0, 0.1) is 23.2 Å². The SMILES string of the molecule is Cc1cccc(C(=O)NNC(=O)C23CCC(C(Br)Br)(C2Br)C3(C)C)c1. The number of fused-ring (bicyclic) bond motifs is 1. The molecule has 2 bridgehead atoms. The predicted molar refractivity (Wildman–Crippen MR) is 109 cm³/mol. The normalized spacial score (nSPS) is 32.2. The maximum absolute atomic E-state index is 13.0. The third kappa shape index (κ3) is 2.41. The van der Waals surface area contributed by atoms with Gasteiger partial charge in [-0.25, -0.2) is 0 Å². The number of carbonyl (C=O) groups excluding carboxylic acids is 2. The van der Waals surface area contributed by atoms with E-state index in [4.69, 9.17) is 0 Å². The summed E-state index contributed by atoms with van der Waals surface area (Å²) in [4.78, 5) is 25.4. The molecule has 3 saturated carbocycles. The van der Waals surface area contributed by atoms with Crippen LogP contribution in [0.1, 0.15) is 42.6 Å². The van der Waals surface area contributed by atoms with Gasteiger partial charge in [-0.2, -0.15) is 0 Å². The van der Waals surface area contributed by atoms with E-state index in [0.29, 0.717) is 5.56 Å². The molecule has 1 aromatic rings. The highest BCUT2D eigenvalue weighted by atomic mass is 79.9. The monoisotopic (exact) mass is 534 g/mol. The second-order valence-electron chi connectivity index (χ2n) is 7.58. The molecule has 3 atom stereocenters. The molecule has 0 heterocycles. The minimum absolute atomic E-state index is 0.0368. The Labute approximate surface area is 173 Å². The summed E-state index contributed by atoms with van der Waals surface area (Å²) in [6, 6.07) is 7.27. The Hall–Kier alpha value is -0.400. The molecular formula is C18H21Br3N2O2. The lowest BCUT2D eigenvalue weighted by Crippen LogP contribution is -2.72. The van der Waals surface area contributed by atoms with E-state index in [-0.39, 0.29) is 31.2 Å². The Kier molecular flexibility index (Phi) is 4.91. The molecule has 0 spiro atoms. The summed E-state index contributed by atoms with van der Waals surface area (Å²) in [7, 11) is 0. The molecule has 4 rings (SSSR count). The van der Waals surface area contributed by atoms with E-state index < -0.39 is 5.41 Å². The van der Waals surface area contributed by atoms with Gasteiger partial charge in [0.15, 0.2) is 0 Å². The highest BCUT2D eigenvalue weighted by Crippen LogP contribution is 2.82. The largest absolute Gasteiger partial charge is 0.273 e. The molecule has 4 nitrogen and oxygen atoms in total. The Morgan fingerprint density at radius 1 is 1.20 bits per heavy atom. The molecule has 2 N–H and O–H groups in total. The van der Waals surface area contributed by atoms with Crippen molar-refractivity contribution < 1.29 is 9.59 Å². The van der Waals surface area contributed by atoms with E-state index in [2.05, 4.69) is 72.5 Å². The molecule has 2 amide bonds. The summed E-state index contributed by atoms with van der Waals surface area (Å²) in [5.41, 5.74) is 5.99. The topological polar surface area (TPSA) is 58.2 Å². The molecule has 3 fully saturated rings. The summed E-state index contributed by atoms with van der Waals surface area (Å²) in [6.07, 6.45) is 1.73. The van der Waals surface area contributed by atoms with Gasteiger partial charge >= 0.3 is 0 Å². The van der Waals surface area contributed by atoms with Gasteiger partial charge < -0.3 is 0 Å². The quantitative estimate of drug-likeness (QED) is 0.443. The fourth-order valence-electron chi connectivity index (χ4n) is 4.78. The number of hydrazine groups is 1. The van der Waals surface area contributed by atoms with Crippen molar-refractivity contribution in [3.8, 4) is 0 Å². The number of hydrogen-bond donors (Lipinski definition) is 2. The number of halogens is 3. The molecule has 1 aromatic carbocycles. The third-order valence-corrected chi connectivity index (χ3v) is 9.69. The number of nitrogens with one attached hydrogen (secondary N) is 2. The van der Waals surface area contributed by atoms with Crippen molar-refractivity contribution in [2.45, 2.75) is 42.2 Å². The van der Waals surface area contributed by atoms with Crippen molar-refractivity contribution in [1.82, 2.24) is 10.9 Å². The molecule has 0 aliphatic heterocycles. The van der Waals surface area contributed by atoms with E-state index in [0.717, 1.165) is 18.4 Å². The average Bonchev–Trinajstić information content (AvgIpc) is 3.02. The van der Waals surface area contributed by atoms with Gasteiger partial charge in [0.05, 0.1) is 9.15 Å². The molecule has 25 heavy (non-hydrogen) atoms. The number of hydrogen-bond acceptors (Lipinski definition) is 2. The second kappa shape index (κ2) is 6.34. The predicted octanol–water partition coefficient (Wildman–Crippen LogP) is 4.44. The van der Waals surface area contributed by atoms with Crippen LogP contribution in [0.4, 0.5) is 0 Å². The van der Waals surface area contributed by atoms with Crippen molar-refractivity contribution in [2.75, 3.05) is 0 Å². The van der Waals surface area contributed by atoms with Crippen molar-refractivity contribution in [3.63, 3.8) is 0 Å².